The molecule has 2 heterocycles. The van der Waals surface area contributed by atoms with Crippen LogP contribution in [0.15, 0.2) is 0 Å². The van der Waals surface area contributed by atoms with Crippen molar-refractivity contribution in [3.05, 3.63) is 32.5 Å². The molecular formula is C16H24N4OS. The van der Waals surface area contributed by atoms with Crippen LogP contribution < -0.4 is 5.32 Å². The number of hydrogen-bond acceptors (Lipinski definition) is 4. The van der Waals surface area contributed by atoms with Crippen molar-refractivity contribution in [2.75, 3.05) is 0 Å². The number of H-pyrrole nitrogens is 1. The van der Waals surface area contributed by atoms with Crippen LogP contribution in [0.5, 0.6) is 0 Å². The summed E-state index contributed by atoms with van der Waals surface area (Å²) in [5.74, 6) is 0.0532. The Morgan fingerprint density at radius 3 is 2.55 bits per heavy atom. The van der Waals surface area contributed by atoms with Gasteiger partial charge in [0.2, 0.25) is 5.91 Å². The quantitative estimate of drug-likeness (QED) is 0.858. The molecule has 1 unspecified atom stereocenters. The Balaban J connectivity index is 1.93. The van der Waals surface area contributed by atoms with Gasteiger partial charge < -0.3 is 5.32 Å². The van der Waals surface area contributed by atoms with Crippen molar-refractivity contribution in [2.45, 2.75) is 59.9 Å². The van der Waals surface area contributed by atoms with Crippen LogP contribution >= 0.6 is 11.3 Å². The molecule has 1 amide bonds. The van der Waals surface area contributed by atoms with Crippen molar-refractivity contribution in [1.82, 2.24) is 20.5 Å². The van der Waals surface area contributed by atoms with Crippen LogP contribution in [0.4, 0.5) is 0 Å². The maximum Gasteiger partial charge on any atom is 0.220 e. The second kappa shape index (κ2) is 7.05. The predicted octanol–water partition coefficient (Wildman–Crippen LogP) is 3.30. The maximum absolute atomic E-state index is 12.2. The van der Waals surface area contributed by atoms with Gasteiger partial charge >= 0.3 is 0 Å². The number of nitrogens with one attached hydrogen (secondary N) is 2. The van der Waals surface area contributed by atoms with E-state index in [0.717, 1.165) is 34.1 Å². The minimum absolute atomic E-state index is 0.00640. The molecule has 0 aliphatic rings. The zero-order valence-corrected chi connectivity index (χ0v) is 14.7. The number of carbonyl (C=O) groups is 1. The fraction of sp³-hybridized carbons (Fsp3) is 0.562. The molecule has 0 bridgehead atoms. The van der Waals surface area contributed by atoms with Gasteiger partial charge in [-0.15, -0.1) is 11.3 Å². The first-order valence-electron chi connectivity index (χ1n) is 7.66. The summed E-state index contributed by atoms with van der Waals surface area (Å²) < 4.78 is 0. The van der Waals surface area contributed by atoms with Gasteiger partial charge in [0.1, 0.15) is 5.01 Å². The first-order valence-corrected chi connectivity index (χ1v) is 8.47. The van der Waals surface area contributed by atoms with Gasteiger partial charge in [-0.05, 0) is 39.7 Å². The van der Waals surface area contributed by atoms with E-state index in [0.29, 0.717) is 12.8 Å². The summed E-state index contributed by atoms with van der Waals surface area (Å²) in [5.41, 5.74) is 4.23. The van der Waals surface area contributed by atoms with Crippen LogP contribution in [-0.2, 0) is 11.2 Å². The lowest BCUT2D eigenvalue weighted by atomic mass is 10.1. The minimum atomic E-state index is 0.00640. The average Bonchev–Trinajstić information content (AvgIpc) is 2.98. The lowest BCUT2D eigenvalue weighted by molar-refractivity contribution is -0.121. The lowest BCUT2D eigenvalue weighted by Crippen LogP contribution is -2.28. The summed E-state index contributed by atoms with van der Waals surface area (Å²) in [5, 5.41) is 11.3. The standard InChI is InChI=1S/C16H24N4OS/c1-6-13(16-17-11(4)12(5)22-16)18-15(21)8-7-14-9(2)10(3)19-20-14/h13H,6-8H2,1-5H3,(H,18,21)(H,19,20). The number of aryl methyl sites for hydroxylation is 4. The van der Waals surface area contributed by atoms with E-state index in [4.69, 9.17) is 0 Å². The van der Waals surface area contributed by atoms with Crippen molar-refractivity contribution >= 4 is 17.2 Å². The average molecular weight is 320 g/mol. The third-order valence-electron chi connectivity index (χ3n) is 4.03. The number of aromatic amines is 1. The summed E-state index contributed by atoms with van der Waals surface area (Å²) >= 11 is 1.67. The van der Waals surface area contributed by atoms with E-state index >= 15 is 0 Å². The second-order valence-electron chi connectivity index (χ2n) is 5.64. The van der Waals surface area contributed by atoms with E-state index in [9.17, 15) is 4.79 Å². The van der Waals surface area contributed by atoms with E-state index in [1.54, 1.807) is 11.3 Å². The number of aromatic nitrogens is 3. The monoisotopic (exact) mass is 320 g/mol. The fourth-order valence-electron chi connectivity index (χ4n) is 2.26. The van der Waals surface area contributed by atoms with Crippen LogP contribution in [0, 0.1) is 27.7 Å². The number of thiazole rings is 1. The first-order chi connectivity index (χ1) is 10.4. The largest absolute Gasteiger partial charge is 0.347 e. The third kappa shape index (κ3) is 3.74. The number of carbonyl (C=O) groups excluding carboxylic acids is 1. The highest BCUT2D eigenvalue weighted by Crippen LogP contribution is 2.25. The number of rotatable bonds is 6. The van der Waals surface area contributed by atoms with Gasteiger partial charge in [0.15, 0.2) is 0 Å². The van der Waals surface area contributed by atoms with Crippen molar-refractivity contribution in [2.24, 2.45) is 0 Å². The zero-order valence-electron chi connectivity index (χ0n) is 13.9. The Morgan fingerprint density at radius 2 is 2.05 bits per heavy atom. The van der Waals surface area contributed by atoms with E-state index in [1.807, 2.05) is 20.8 Å². The second-order valence-corrected chi connectivity index (χ2v) is 6.88. The molecule has 0 spiro atoms. The molecule has 120 valence electrons. The highest BCUT2D eigenvalue weighted by atomic mass is 32.1. The predicted molar refractivity (Wildman–Crippen MR) is 89.1 cm³/mol. The molecule has 0 aliphatic carbocycles. The Bertz CT molecular complexity index is 640. The van der Waals surface area contributed by atoms with Crippen molar-refractivity contribution in [1.29, 1.82) is 0 Å². The van der Waals surface area contributed by atoms with Crippen molar-refractivity contribution in [3.8, 4) is 0 Å². The van der Waals surface area contributed by atoms with Gasteiger partial charge in [-0.1, -0.05) is 6.92 Å². The topological polar surface area (TPSA) is 70.7 Å². The molecule has 2 aromatic heterocycles. The molecule has 5 nitrogen and oxygen atoms in total. The van der Waals surface area contributed by atoms with Crippen molar-refractivity contribution in [3.63, 3.8) is 0 Å². The van der Waals surface area contributed by atoms with Gasteiger partial charge in [-0.25, -0.2) is 4.98 Å². The van der Waals surface area contributed by atoms with E-state index < -0.39 is 0 Å². The van der Waals surface area contributed by atoms with Gasteiger partial charge in [0.25, 0.3) is 0 Å². The smallest absolute Gasteiger partial charge is 0.220 e. The zero-order chi connectivity index (χ0) is 16.3. The minimum Gasteiger partial charge on any atom is -0.347 e. The molecule has 0 saturated heterocycles. The number of amides is 1. The van der Waals surface area contributed by atoms with E-state index in [2.05, 4.69) is 34.3 Å². The molecule has 2 aromatic rings. The molecule has 0 fully saturated rings. The van der Waals surface area contributed by atoms with Gasteiger partial charge in [-0.3, -0.25) is 9.89 Å². The summed E-state index contributed by atoms with van der Waals surface area (Å²) in [7, 11) is 0. The summed E-state index contributed by atoms with van der Waals surface area (Å²) in [6, 6.07) is 0.00640. The molecule has 1 atom stereocenters. The van der Waals surface area contributed by atoms with Gasteiger partial charge in [0, 0.05) is 23.4 Å². The molecule has 22 heavy (non-hydrogen) atoms. The Kier molecular flexibility index (Phi) is 5.34. The fourth-order valence-corrected chi connectivity index (χ4v) is 3.32. The van der Waals surface area contributed by atoms with Crippen LogP contribution in [0.2, 0.25) is 0 Å². The highest BCUT2D eigenvalue weighted by Gasteiger charge is 2.17. The molecule has 0 aliphatic heterocycles. The molecule has 0 aromatic carbocycles. The normalized spacial score (nSPS) is 12.4. The van der Waals surface area contributed by atoms with Crippen LogP contribution in [-0.4, -0.2) is 21.1 Å². The summed E-state index contributed by atoms with van der Waals surface area (Å²) in [4.78, 5) is 18.0. The van der Waals surface area contributed by atoms with Crippen molar-refractivity contribution < 1.29 is 4.79 Å². The first kappa shape index (κ1) is 16.7. The van der Waals surface area contributed by atoms with Gasteiger partial charge in [0.05, 0.1) is 17.4 Å². The maximum atomic E-state index is 12.2. The third-order valence-corrected chi connectivity index (χ3v) is 5.22. The molecule has 0 radical (unpaired) electrons. The molecule has 2 rings (SSSR count). The Morgan fingerprint density at radius 1 is 1.32 bits per heavy atom. The highest BCUT2D eigenvalue weighted by molar-refractivity contribution is 7.11. The number of hydrogen-bond donors (Lipinski definition) is 2. The van der Waals surface area contributed by atoms with Crippen LogP contribution in [0.1, 0.15) is 58.3 Å². The van der Waals surface area contributed by atoms with E-state index in [1.165, 1.54) is 4.88 Å². The summed E-state index contributed by atoms with van der Waals surface area (Å²) in [6.45, 7) is 10.2. The Hall–Kier alpha value is -1.69. The van der Waals surface area contributed by atoms with Crippen LogP contribution in [0.3, 0.4) is 0 Å². The van der Waals surface area contributed by atoms with Crippen LogP contribution in [0.25, 0.3) is 0 Å². The molecular weight excluding hydrogens is 296 g/mol. The molecule has 2 N–H and O–H groups in total. The molecule has 0 saturated carbocycles. The van der Waals surface area contributed by atoms with Gasteiger partial charge in [-0.2, -0.15) is 5.10 Å². The SMILES string of the molecule is CCC(NC(=O)CCc1n[nH]c(C)c1C)c1nc(C)c(C)s1. The summed E-state index contributed by atoms with van der Waals surface area (Å²) in [6.07, 6.45) is 1.96. The Labute approximate surface area is 135 Å². The lowest BCUT2D eigenvalue weighted by Gasteiger charge is -2.14. The number of nitrogens with zero attached hydrogens (tertiary/aromatic N) is 2. The molecule has 6 heteroatoms. The van der Waals surface area contributed by atoms with E-state index in [-0.39, 0.29) is 11.9 Å².